The first-order chi connectivity index (χ1) is 10.9. The summed E-state index contributed by atoms with van der Waals surface area (Å²) in [5.74, 6) is -0.296. The molecule has 0 radical (unpaired) electrons. The van der Waals surface area contributed by atoms with E-state index in [2.05, 4.69) is 11.8 Å². The van der Waals surface area contributed by atoms with Crippen LogP contribution in [-0.2, 0) is 9.59 Å². The molecule has 3 rings (SSSR count). The van der Waals surface area contributed by atoms with E-state index in [9.17, 15) is 9.59 Å². The fraction of sp³-hybridized carbons (Fsp3) is 0.474. The lowest BCUT2D eigenvalue weighted by molar-refractivity contribution is -0.139. The van der Waals surface area contributed by atoms with Crippen LogP contribution in [0.3, 0.4) is 0 Å². The number of benzene rings is 1. The van der Waals surface area contributed by atoms with Crippen molar-refractivity contribution in [2.45, 2.75) is 46.6 Å². The van der Waals surface area contributed by atoms with Crippen molar-refractivity contribution >= 4 is 17.4 Å². The van der Waals surface area contributed by atoms with Crippen LogP contribution in [-0.4, -0.2) is 40.7 Å². The molecule has 0 unspecified atom stereocenters. The Labute approximate surface area is 137 Å². The Morgan fingerprint density at radius 1 is 0.957 bits per heavy atom. The molecule has 1 fully saturated rings. The Hall–Kier alpha value is -2.10. The van der Waals surface area contributed by atoms with E-state index in [1.807, 2.05) is 39.0 Å². The van der Waals surface area contributed by atoms with Crippen LogP contribution in [0.2, 0.25) is 0 Å². The number of imide groups is 1. The van der Waals surface area contributed by atoms with Crippen molar-refractivity contribution < 1.29 is 9.59 Å². The Morgan fingerprint density at radius 3 is 2.17 bits per heavy atom. The lowest BCUT2D eigenvalue weighted by Gasteiger charge is -2.22. The third kappa shape index (κ3) is 2.56. The van der Waals surface area contributed by atoms with E-state index in [4.69, 9.17) is 0 Å². The van der Waals surface area contributed by atoms with Gasteiger partial charge in [0.2, 0.25) is 0 Å². The average Bonchev–Trinajstić information content (AvgIpc) is 3.08. The summed E-state index contributed by atoms with van der Waals surface area (Å²) in [7, 11) is 0. The molecule has 0 saturated carbocycles. The van der Waals surface area contributed by atoms with Crippen molar-refractivity contribution in [3.63, 3.8) is 0 Å². The van der Waals surface area contributed by atoms with Crippen molar-refractivity contribution in [1.29, 1.82) is 0 Å². The molecule has 2 heterocycles. The molecule has 1 saturated heterocycles. The molecule has 122 valence electrons. The Balaban J connectivity index is 2.15. The molecule has 0 aromatic heterocycles. The van der Waals surface area contributed by atoms with Crippen molar-refractivity contribution in [2.75, 3.05) is 13.1 Å². The van der Waals surface area contributed by atoms with Gasteiger partial charge >= 0.3 is 0 Å². The number of aryl methyl sites for hydroxylation is 2. The first-order valence-corrected chi connectivity index (χ1v) is 8.36. The largest absolute Gasteiger partial charge is 0.366 e. The first-order valence-electron chi connectivity index (χ1n) is 8.36. The number of carbonyl (C=O) groups excluding carboxylic acids is 2. The van der Waals surface area contributed by atoms with Gasteiger partial charge in [0.15, 0.2) is 0 Å². The normalized spacial score (nSPS) is 18.8. The average molecular weight is 312 g/mol. The van der Waals surface area contributed by atoms with Crippen LogP contribution in [0.1, 0.15) is 43.4 Å². The van der Waals surface area contributed by atoms with Gasteiger partial charge in [0.05, 0.1) is 5.57 Å². The minimum atomic E-state index is -0.157. The molecule has 1 aromatic rings. The minimum Gasteiger partial charge on any atom is -0.366 e. The van der Waals surface area contributed by atoms with E-state index >= 15 is 0 Å². The van der Waals surface area contributed by atoms with E-state index in [0.29, 0.717) is 11.3 Å². The molecule has 1 aromatic carbocycles. The second-order valence-corrected chi connectivity index (χ2v) is 6.79. The van der Waals surface area contributed by atoms with E-state index in [-0.39, 0.29) is 17.9 Å². The molecule has 4 heteroatoms. The summed E-state index contributed by atoms with van der Waals surface area (Å²) in [6.45, 7) is 9.58. The van der Waals surface area contributed by atoms with Gasteiger partial charge in [0.25, 0.3) is 11.8 Å². The molecule has 0 atom stereocenters. The fourth-order valence-electron chi connectivity index (χ4n) is 3.40. The molecule has 2 aliphatic rings. The molecular formula is C19H24N2O2. The summed E-state index contributed by atoms with van der Waals surface area (Å²) in [6.07, 6.45) is 2.15. The number of amides is 2. The smallest absolute Gasteiger partial charge is 0.278 e. The molecule has 0 bridgehead atoms. The highest BCUT2D eigenvalue weighted by Gasteiger charge is 2.43. The summed E-state index contributed by atoms with van der Waals surface area (Å²) in [5.41, 5.74) is 4.36. The standard InChI is InChI=1S/C19H24N2O2/c1-12(2)21-18(22)16(15-8-7-13(3)14(4)11-15)17(19(21)23)20-9-5-6-10-20/h7-8,11-12H,5-6,9-10H2,1-4H3. The molecule has 0 aliphatic carbocycles. The van der Waals surface area contributed by atoms with Crippen LogP contribution in [0.5, 0.6) is 0 Å². The summed E-state index contributed by atoms with van der Waals surface area (Å²) in [5, 5.41) is 0. The van der Waals surface area contributed by atoms with Gasteiger partial charge in [-0.3, -0.25) is 14.5 Å². The summed E-state index contributed by atoms with van der Waals surface area (Å²) >= 11 is 0. The number of hydrogen-bond acceptors (Lipinski definition) is 3. The van der Waals surface area contributed by atoms with Crippen molar-refractivity contribution in [1.82, 2.24) is 9.80 Å². The molecule has 0 spiro atoms. The van der Waals surface area contributed by atoms with Gasteiger partial charge in [-0.2, -0.15) is 0 Å². The zero-order valence-electron chi connectivity index (χ0n) is 14.3. The molecule has 2 amide bonds. The highest BCUT2D eigenvalue weighted by molar-refractivity contribution is 6.35. The maximum Gasteiger partial charge on any atom is 0.278 e. The van der Waals surface area contributed by atoms with Gasteiger partial charge in [0.1, 0.15) is 5.70 Å². The lowest BCUT2D eigenvalue weighted by atomic mass is 9.99. The van der Waals surface area contributed by atoms with Crippen LogP contribution < -0.4 is 0 Å². The van der Waals surface area contributed by atoms with Gasteiger partial charge < -0.3 is 4.90 Å². The van der Waals surface area contributed by atoms with Gasteiger partial charge in [-0.25, -0.2) is 0 Å². The van der Waals surface area contributed by atoms with Crippen LogP contribution >= 0.6 is 0 Å². The van der Waals surface area contributed by atoms with Crippen molar-refractivity contribution in [3.8, 4) is 0 Å². The number of carbonyl (C=O) groups is 2. The van der Waals surface area contributed by atoms with E-state index in [0.717, 1.165) is 37.1 Å². The third-order valence-electron chi connectivity index (χ3n) is 4.83. The molecule has 23 heavy (non-hydrogen) atoms. The predicted molar refractivity (Wildman–Crippen MR) is 90.6 cm³/mol. The maximum atomic E-state index is 12.9. The number of hydrogen-bond donors (Lipinski definition) is 0. The van der Waals surface area contributed by atoms with E-state index in [1.54, 1.807) is 0 Å². The maximum absolute atomic E-state index is 12.9. The van der Waals surface area contributed by atoms with Crippen LogP contribution in [0.25, 0.3) is 5.57 Å². The number of likely N-dealkylation sites (tertiary alicyclic amines) is 1. The van der Waals surface area contributed by atoms with Gasteiger partial charge in [0, 0.05) is 19.1 Å². The molecule has 2 aliphatic heterocycles. The minimum absolute atomic E-state index is 0.128. The number of nitrogens with zero attached hydrogens (tertiary/aromatic N) is 2. The summed E-state index contributed by atoms with van der Waals surface area (Å²) in [6, 6.07) is 5.88. The lowest BCUT2D eigenvalue weighted by Crippen LogP contribution is -2.39. The Kier molecular flexibility index (Phi) is 4.00. The predicted octanol–water partition coefficient (Wildman–Crippen LogP) is 2.89. The quantitative estimate of drug-likeness (QED) is 0.806. The molecule has 0 N–H and O–H groups in total. The van der Waals surface area contributed by atoms with Crippen molar-refractivity contribution in [2.24, 2.45) is 0 Å². The zero-order valence-corrected chi connectivity index (χ0v) is 14.3. The highest BCUT2D eigenvalue weighted by atomic mass is 16.2. The number of rotatable bonds is 3. The Bertz CT molecular complexity index is 697. The van der Waals surface area contributed by atoms with Gasteiger partial charge in [-0.15, -0.1) is 0 Å². The van der Waals surface area contributed by atoms with Crippen molar-refractivity contribution in [3.05, 3.63) is 40.6 Å². The SMILES string of the molecule is Cc1ccc(C2=C(N3CCCC3)C(=O)N(C(C)C)C2=O)cc1C. The second-order valence-electron chi connectivity index (χ2n) is 6.79. The van der Waals surface area contributed by atoms with Crippen LogP contribution in [0, 0.1) is 13.8 Å². The first kappa shape index (κ1) is 15.8. The molecular weight excluding hydrogens is 288 g/mol. The van der Waals surface area contributed by atoms with Gasteiger partial charge in [-0.1, -0.05) is 18.2 Å². The third-order valence-corrected chi connectivity index (χ3v) is 4.83. The van der Waals surface area contributed by atoms with Crippen LogP contribution in [0.4, 0.5) is 0 Å². The topological polar surface area (TPSA) is 40.6 Å². The molecule has 4 nitrogen and oxygen atoms in total. The monoisotopic (exact) mass is 312 g/mol. The Morgan fingerprint density at radius 2 is 1.61 bits per heavy atom. The van der Waals surface area contributed by atoms with Gasteiger partial charge in [-0.05, 0) is 57.2 Å². The van der Waals surface area contributed by atoms with E-state index < -0.39 is 0 Å². The zero-order chi connectivity index (χ0) is 16.7. The summed E-state index contributed by atoms with van der Waals surface area (Å²) in [4.78, 5) is 29.3. The van der Waals surface area contributed by atoms with E-state index in [1.165, 1.54) is 10.5 Å². The highest BCUT2D eigenvalue weighted by Crippen LogP contribution is 2.34. The summed E-state index contributed by atoms with van der Waals surface area (Å²) < 4.78 is 0. The fourth-order valence-corrected chi connectivity index (χ4v) is 3.40. The second kappa shape index (κ2) is 5.84. The van der Waals surface area contributed by atoms with Crippen LogP contribution in [0.15, 0.2) is 23.9 Å².